The van der Waals surface area contributed by atoms with Crippen molar-refractivity contribution in [1.29, 1.82) is 0 Å². The number of fused-ring (bicyclic) bond motifs is 1. The van der Waals surface area contributed by atoms with E-state index in [1.807, 2.05) is 16.6 Å². The Morgan fingerprint density at radius 3 is 3.04 bits per heavy atom. The SMILES string of the molecule is CC1CCCCC1c1cc(NCc2ccc[n+](O)c2)n2ncc(Br)c2n1. The predicted molar refractivity (Wildman–Crippen MR) is 102 cm³/mol. The molecular formula is C19H23BrN5O+. The van der Waals surface area contributed by atoms with Gasteiger partial charge in [-0.15, -0.1) is 0 Å². The summed E-state index contributed by atoms with van der Waals surface area (Å²) in [6, 6.07) is 5.93. The molecule has 0 aromatic carbocycles. The topological polar surface area (TPSA) is 66.3 Å². The summed E-state index contributed by atoms with van der Waals surface area (Å²) < 4.78 is 3.80. The lowest BCUT2D eigenvalue weighted by atomic mass is 9.78. The molecule has 2 atom stereocenters. The summed E-state index contributed by atoms with van der Waals surface area (Å²) in [5, 5.41) is 17.5. The summed E-state index contributed by atoms with van der Waals surface area (Å²) in [5.41, 5.74) is 2.96. The summed E-state index contributed by atoms with van der Waals surface area (Å²) in [7, 11) is 0. The van der Waals surface area contributed by atoms with Gasteiger partial charge in [-0.25, -0.2) is 4.98 Å². The molecule has 0 spiro atoms. The molecule has 3 aromatic heterocycles. The van der Waals surface area contributed by atoms with Crippen molar-refractivity contribution in [3.63, 3.8) is 0 Å². The summed E-state index contributed by atoms with van der Waals surface area (Å²) in [5.74, 6) is 2.06. The Morgan fingerprint density at radius 2 is 2.23 bits per heavy atom. The molecule has 0 saturated heterocycles. The molecule has 26 heavy (non-hydrogen) atoms. The highest BCUT2D eigenvalue weighted by molar-refractivity contribution is 9.10. The van der Waals surface area contributed by atoms with Gasteiger partial charge in [0.25, 0.3) is 0 Å². The second kappa shape index (κ2) is 7.23. The third-order valence-corrected chi connectivity index (χ3v) is 5.82. The molecule has 0 aliphatic heterocycles. The van der Waals surface area contributed by atoms with Crippen molar-refractivity contribution in [2.75, 3.05) is 5.32 Å². The lowest BCUT2D eigenvalue weighted by Gasteiger charge is -2.28. The zero-order valence-corrected chi connectivity index (χ0v) is 16.4. The van der Waals surface area contributed by atoms with E-state index in [4.69, 9.17) is 4.98 Å². The molecule has 1 aliphatic carbocycles. The molecule has 0 bridgehead atoms. The minimum atomic E-state index is 0.493. The van der Waals surface area contributed by atoms with Gasteiger partial charge in [-0.2, -0.15) is 9.61 Å². The number of nitrogens with one attached hydrogen (secondary N) is 1. The average Bonchev–Trinajstić information content (AvgIpc) is 3.01. The van der Waals surface area contributed by atoms with E-state index in [-0.39, 0.29) is 0 Å². The Bertz CT molecular complexity index is 925. The number of aromatic nitrogens is 4. The van der Waals surface area contributed by atoms with Gasteiger partial charge in [-0.05, 0) is 34.3 Å². The highest BCUT2D eigenvalue weighted by Crippen LogP contribution is 2.38. The lowest BCUT2D eigenvalue weighted by Crippen LogP contribution is -2.29. The van der Waals surface area contributed by atoms with Gasteiger partial charge in [-0.1, -0.05) is 26.2 Å². The van der Waals surface area contributed by atoms with E-state index in [0.717, 1.165) is 31.9 Å². The standard InChI is InChI=1S/C19H23BrN5O/c1-13-5-2-3-7-15(13)17-9-18(25-19(23-17)16(20)11-22-25)21-10-14-6-4-8-24(26)12-14/h4,6,8-9,11-13,15,21,26H,2-3,5,7,10H2,1H3/q+1. The van der Waals surface area contributed by atoms with E-state index in [9.17, 15) is 5.21 Å². The van der Waals surface area contributed by atoms with Crippen LogP contribution in [0.4, 0.5) is 5.82 Å². The highest BCUT2D eigenvalue weighted by atomic mass is 79.9. The monoisotopic (exact) mass is 416 g/mol. The van der Waals surface area contributed by atoms with Crippen molar-refractivity contribution in [3.05, 3.63) is 52.5 Å². The van der Waals surface area contributed by atoms with Crippen molar-refractivity contribution < 1.29 is 9.94 Å². The van der Waals surface area contributed by atoms with Crippen LogP contribution in [-0.2, 0) is 6.54 Å². The number of anilines is 1. The van der Waals surface area contributed by atoms with E-state index < -0.39 is 0 Å². The minimum Gasteiger partial charge on any atom is -0.366 e. The molecule has 0 radical (unpaired) electrons. The minimum absolute atomic E-state index is 0.493. The summed E-state index contributed by atoms with van der Waals surface area (Å²) in [4.78, 5) is 4.91. The molecule has 2 unspecified atom stereocenters. The number of halogens is 1. The maximum absolute atomic E-state index is 9.58. The fraction of sp³-hybridized carbons (Fsp3) is 0.421. The van der Waals surface area contributed by atoms with Crippen molar-refractivity contribution in [2.24, 2.45) is 5.92 Å². The van der Waals surface area contributed by atoms with Gasteiger partial charge in [-0.3, -0.25) is 5.21 Å². The third kappa shape index (κ3) is 3.40. The van der Waals surface area contributed by atoms with E-state index >= 15 is 0 Å². The van der Waals surface area contributed by atoms with Crippen molar-refractivity contribution in [1.82, 2.24) is 14.6 Å². The number of hydrogen-bond donors (Lipinski definition) is 2. The zero-order chi connectivity index (χ0) is 18.1. The van der Waals surface area contributed by atoms with Crippen LogP contribution in [0.3, 0.4) is 0 Å². The Hall–Kier alpha value is -2.15. The fourth-order valence-electron chi connectivity index (χ4n) is 3.83. The van der Waals surface area contributed by atoms with Gasteiger partial charge in [0.1, 0.15) is 5.82 Å². The van der Waals surface area contributed by atoms with E-state index in [0.29, 0.717) is 18.4 Å². The van der Waals surface area contributed by atoms with E-state index in [1.54, 1.807) is 18.6 Å². The summed E-state index contributed by atoms with van der Waals surface area (Å²) in [6.07, 6.45) is 10.1. The molecule has 1 saturated carbocycles. The van der Waals surface area contributed by atoms with Crippen LogP contribution in [0.5, 0.6) is 0 Å². The smallest absolute Gasteiger partial charge is 0.227 e. The first kappa shape index (κ1) is 17.3. The third-order valence-electron chi connectivity index (χ3n) is 5.26. The van der Waals surface area contributed by atoms with E-state index in [2.05, 4.69) is 39.3 Å². The van der Waals surface area contributed by atoms with Gasteiger partial charge in [0.05, 0.1) is 10.7 Å². The van der Waals surface area contributed by atoms with Crippen LogP contribution in [0.2, 0.25) is 0 Å². The average molecular weight is 417 g/mol. The first-order valence-corrected chi connectivity index (χ1v) is 9.88. The number of nitrogens with zero attached hydrogens (tertiary/aromatic N) is 4. The highest BCUT2D eigenvalue weighted by Gasteiger charge is 2.25. The zero-order valence-electron chi connectivity index (χ0n) is 14.8. The molecule has 3 aromatic rings. The Balaban J connectivity index is 1.68. The first-order chi connectivity index (χ1) is 12.6. The second-order valence-electron chi connectivity index (χ2n) is 7.11. The molecule has 3 heterocycles. The first-order valence-electron chi connectivity index (χ1n) is 9.09. The van der Waals surface area contributed by atoms with Crippen molar-refractivity contribution in [3.8, 4) is 0 Å². The van der Waals surface area contributed by atoms with Crippen LogP contribution in [0.1, 0.15) is 49.8 Å². The van der Waals surface area contributed by atoms with Crippen LogP contribution in [0.25, 0.3) is 5.65 Å². The van der Waals surface area contributed by atoms with Crippen molar-refractivity contribution in [2.45, 2.75) is 45.1 Å². The quantitative estimate of drug-likeness (QED) is 0.499. The maximum atomic E-state index is 9.58. The molecule has 4 rings (SSSR count). The Morgan fingerprint density at radius 1 is 1.38 bits per heavy atom. The summed E-state index contributed by atoms with van der Waals surface area (Å²) in [6.45, 7) is 2.93. The van der Waals surface area contributed by atoms with E-state index in [1.165, 1.54) is 25.7 Å². The molecule has 6 nitrogen and oxygen atoms in total. The van der Waals surface area contributed by atoms with Gasteiger partial charge >= 0.3 is 0 Å². The van der Waals surface area contributed by atoms with Crippen LogP contribution < -0.4 is 10.0 Å². The van der Waals surface area contributed by atoms with Crippen molar-refractivity contribution >= 4 is 27.4 Å². The Labute approximate surface area is 161 Å². The van der Waals surface area contributed by atoms with Gasteiger partial charge < -0.3 is 5.32 Å². The molecule has 1 aliphatic rings. The van der Waals surface area contributed by atoms with Crippen LogP contribution in [0, 0.1) is 5.92 Å². The number of pyridine rings is 1. The molecule has 136 valence electrons. The molecule has 7 heteroatoms. The summed E-state index contributed by atoms with van der Waals surface area (Å²) >= 11 is 3.57. The maximum Gasteiger partial charge on any atom is 0.227 e. The molecular weight excluding hydrogens is 394 g/mol. The van der Waals surface area contributed by atoms with Gasteiger partial charge in [0, 0.05) is 40.6 Å². The van der Waals surface area contributed by atoms with Crippen LogP contribution in [-0.4, -0.2) is 19.8 Å². The van der Waals surface area contributed by atoms with Gasteiger partial charge in [0.2, 0.25) is 12.4 Å². The molecule has 2 N–H and O–H groups in total. The largest absolute Gasteiger partial charge is 0.366 e. The Kier molecular flexibility index (Phi) is 4.80. The fourth-order valence-corrected chi connectivity index (χ4v) is 4.18. The normalized spacial score (nSPS) is 20.4. The lowest BCUT2D eigenvalue weighted by molar-refractivity contribution is -0.905. The van der Waals surface area contributed by atoms with Crippen LogP contribution in [0.15, 0.2) is 41.3 Å². The number of rotatable bonds is 4. The number of hydrogen-bond acceptors (Lipinski definition) is 4. The van der Waals surface area contributed by atoms with Gasteiger partial charge in [0.15, 0.2) is 5.65 Å². The molecule has 0 amide bonds. The molecule has 1 fully saturated rings. The predicted octanol–water partition coefficient (Wildman–Crippen LogP) is 3.92. The second-order valence-corrected chi connectivity index (χ2v) is 7.96. The van der Waals surface area contributed by atoms with Crippen LogP contribution >= 0.6 is 15.9 Å².